The first-order valence-corrected chi connectivity index (χ1v) is 6.84. The Balaban J connectivity index is 1.86. The van der Waals surface area contributed by atoms with Gasteiger partial charge in [-0.2, -0.15) is 0 Å². The fourth-order valence-corrected chi connectivity index (χ4v) is 3.22. The molecule has 2 rings (SSSR count). The summed E-state index contributed by atoms with van der Waals surface area (Å²) in [6.45, 7) is 2.38. The SMILES string of the molecule is OCC1CCCN1CC1CCCCCC1O. The maximum Gasteiger partial charge on any atom is 0.0586 e. The van der Waals surface area contributed by atoms with Gasteiger partial charge in [-0.25, -0.2) is 0 Å². The summed E-state index contributed by atoms with van der Waals surface area (Å²) in [7, 11) is 0. The summed E-state index contributed by atoms with van der Waals surface area (Å²) >= 11 is 0. The van der Waals surface area contributed by atoms with Crippen molar-refractivity contribution in [3.8, 4) is 0 Å². The Morgan fingerprint density at radius 1 is 1.00 bits per heavy atom. The van der Waals surface area contributed by atoms with Crippen LogP contribution in [0.15, 0.2) is 0 Å². The highest BCUT2D eigenvalue weighted by atomic mass is 16.3. The van der Waals surface area contributed by atoms with Crippen LogP contribution < -0.4 is 0 Å². The van der Waals surface area contributed by atoms with Crippen LogP contribution in [0.1, 0.15) is 44.9 Å². The number of hydrogen-bond donors (Lipinski definition) is 2. The number of aliphatic hydroxyl groups is 2. The quantitative estimate of drug-likeness (QED) is 0.716. The molecule has 0 amide bonds. The lowest BCUT2D eigenvalue weighted by atomic mass is 9.96. The predicted octanol–water partition coefficient (Wildman–Crippen LogP) is 1.38. The summed E-state index contributed by atoms with van der Waals surface area (Å²) in [6.07, 6.45) is 8.07. The maximum absolute atomic E-state index is 10.1. The molecule has 3 unspecified atom stereocenters. The van der Waals surface area contributed by atoms with Gasteiger partial charge in [0.25, 0.3) is 0 Å². The van der Waals surface area contributed by atoms with E-state index in [1.54, 1.807) is 0 Å². The van der Waals surface area contributed by atoms with E-state index in [-0.39, 0.29) is 12.7 Å². The third kappa shape index (κ3) is 2.96. The van der Waals surface area contributed by atoms with Crippen LogP contribution in [-0.4, -0.2) is 47.0 Å². The van der Waals surface area contributed by atoms with Crippen LogP contribution in [0.25, 0.3) is 0 Å². The smallest absolute Gasteiger partial charge is 0.0586 e. The third-order valence-electron chi connectivity index (χ3n) is 4.30. The molecule has 3 atom stereocenters. The zero-order valence-electron chi connectivity index (χ0n) is 10.1. The molecule has 1 heterocycles. The molecule has 1 aliphatic heterocycles. The molecular weight excluding hydrogens is 202 g/mol. The van der Waals surface area contributed by atoms with E-state index in [9.17, 15) is 10.2 Å². The molecule has 16 heavy (non-hydrogen) atoms. The average Bonchev–Trinajstić information content (AvgIpc) is 2.64. The van der Waals surface area contributed by atoms with E-state index in [1.165, 1.54) is 25.7 Å². The van der Waals surface area contributed by atoms with Gasteiger partial charge >= 0.3 is 0 Å². The molecule has 1 aliphatic carbocycles. The summed E-state index contributed by atoms with van der Waals surface area (Å²) in [5, 5.41) is 19.4. The first-order chi connectivity index (χ1) is 7.81. The van der Waals surface area contributed by atoms with Gasteiger partial charge in [0.05, 0.1) is 12.7 Å². The Hall–Kier alpha value is -0.120. The third-order valence-corrected chi connectivity index (χ3v) is 4.30. The summed E-state index contributed by atoms with van der Waals surface area (Å²) in [5.74, 6) is 0.439. The van der Waals surface area contributed by atoms with E-state index < -0.39 is 0 Å². The van der Waals surface area contributed by atoms with Crippen LogP contribution in [0, 0.1) is 5.92 Å². The molecule has 0 spiro atoms. The van der Waals surface area contributed by atoms with E-state index >= 15 is 0 Å². The lowest BCUT2D eigenvalue weighted by molar-refractivity contribution is 0.0605. The number of hydrogen-bond acceptors (Lipinski definition) is 3. The molecule has 2 N–H and O–H groups in total. The molecule has 0 aromatic carbocycles. The van der Waals surface area contributed by atoms with Crippen molar-refractivity contribution in [1.29, 1.82) is 0 Å². The summed E-state index contributed by atoms with van der Waals surface area (Å²) < 4.78 is 0. The van der Waals surface area contributed by atoms with Crippen molar-refractivity contribution in [2.45, 2.75) is 57.1 Å². The van der Waals surface area contributed by atoms with Crippen LogP contribution >= 0.6 is 0 Å². The van der Waals surface area contributed by atoms with Gasteiger partial charge < -0.3 is 10.2 Å². The van der Waals surface area contributed by atoms with Crippen molar-refractivity contribution in [3.05, 3.63) is 0 Å². The predicted molar refractivity (Wildman–Crippen MR) is 64.3 cm³/mol. The molecule has 3 heteroatoms. The first kappa shape index (κ1) is 12.3. The fourth-order valence-electron chi connectivity index (χ4n) is 3.22. The van der Waals surface area contributed by atoms with Gasteiger partial charge in [0, 0.05) is 12.6 Å². The Morgan fingerprint density at radius 3 is 2.62 bits per heavy atom. The molecule has 3 nitrogen and oxygen atoms in total. The molecule has 0 bridgehead atoms. The van der Waals surface area contributed by atoms with E-state index in [0.717, 1.165) is 32.4 Å². The van der Waals surface area contributed by atoms with Gasteiger partial charge in [0.1, 0.15) is 0 Å². The minimum Gasteiger partial charge on any atom is -0.395 e. The van der Waals surface area contributed by atoms with Gasteiger partial charge in [-0.15, -0.1) is 0 Å². The second-order valence-corrected chi connectivity index (χ2v) is 5.44. The standard InChI is InChI=1S/C13H25NO2/c15-10-12-6-4-8-14(12)9-11-5-2-1-3-7-13(11)16/h11-13,15-16H,1-10H2. The molecule has 1 saturated carbocycles. The Morgan fingerprint density at radius 2 is 1.81 bits per heavy atom. The molecule has 94 valence electrons. The van der Waals surface area contributed by atoms with Gasteiger partial charge in [-0.3, -0.25) is 4.90 Å². The average molecular weight is 227 g/mol. The van der Waals surface area contributed by atoms with Gasteiger partial charge in [-0.05, 0) is 38.1 Å². The molecule has 1 saturated heterocycles. The van der Waals surface area contributed by atoms with Gasteiger partial charge in [-0.1, -0.05) is 19.3 Å². The van der Waals surface area contributed by atoms with Crippen molar-refractivity contribution in [3.63, 3.8) is 0 Å². The van der Waals surface area contributed by atoms with Crippen LogP contribution in [0.4, 0.5) is 0 Å². The van der Waals surface area contributed by atoms with Crippen LogP contribution in [0.2, 0.25) is 0 Å². The van der Waals surface area contributed by atoms with Crippen molar-refractivity contribution in [1.82, 2.24) is 4.90 Å². The lowest BCUT2D eigenvalue weighted by Crippen LogP contribution is -2.39. The minimum atomic E-state index is -0.109. The first-order valence-electron chi connectivity index (χ1n) is 6.84. The van der Waals surface area contributed by atoms with E-state index in [1.807, 2.05) is 0 Å². The van der Waals surface area contributed by atoms with Crippen LogP contribution in [0.3, 0.4) is 0 Å². The van der Waals surface area contributed by atoms with E-state index in [2.05, 4.69) is 4.90 Å². The molecule has 0 aromatic heterocycles. The van der Waals surface area contributed by atoms with Gasteiger partial charge in [0.15, 0.2) is 0 Å². The largest absolute Gasteiger partial charge is 0.395 e. The highest BCUT2D eigenvalue weighted by Gasteiger charge is 2.29. The fraction of sp³-hybridized carbons (Fsp3) is 1.00. The normalized spacial score (nSPS) is 37.5. The van der Waals surface area contributed by atoms with Crippen LogP contribution in [-0.2, 0) is 0 Å². The Bertz CT molecular complexity index is 210. The van der Waals surface area contributed by atoms with Crippen molar-refractivity contribution < 1.29 is 10.2 Å². The second kappa shape index (κ2) is 5.99. The number of nitrogens with zero attached hydrogens (tertiary/aromatic N) is 1. The van der Waals surface area contributed by atoms with Gasteiger partial charge in [0.2, 0.25) is 0 Å². The molecule has 0 radical (unpaired) electrons. The van der Waals surface area contributed by atoms with E-state index in [0.29, 0.717) is 12.0 Å². The lowest BCUT2D eigenvalue weighted by Gasteiger charge is -2.29. The minimum absolute atomic E-state index is 0.109. The Kier molecular flexibility index (Phi) is 4.62. The highest BCUT2D eigenvalue weighted by Crippen LogP contribution is 2.27. The number of aliphatic hydroxyl groups excluding tert-OH is 2. The second-order valence-electron chi connectivity index (χ2n) is 5.44. The topological polar surface area (TPSA) is 43.7 Å². The summed E-state index contributed by atoms with van der Waals surface area (Å²) in [5.41, 5.74) is 0. The molecule has 0 aromatic rings. The molecule has 2 fully saturated rings. The van der Waals surface area contributed by atoms with Crippen molar-refractivity contribution in [2.24, 2.45) is 5.92 Å². The maximum atomic E-state index is 10.1. The van der Waals surface area contributed by atoms with Crippen molar-refractivity contribution in [2.75, 3.05) is 19.7 Å². The highest BCUT2D eigenvalue weighted by molar-refractivity contribution is 4.83. The number of likely N-dealkylation sites (tertiary alicyclic amines) is 1. The zero-order valence-corrected chi connectivity index (χ0v) is 10.1. The summed E-state index contributed by atoms with van der Waals surface area (Å²) in [6, 6.07) is 0.357. The summed E-state index contributed by atoms with van der Waals surface area (Å²) in [4.78, 5) is 2.39. The molecule has 2 aliphatic rings. The number of rotatable bonds is 3. The van der Waals surface area contributed by atoms with Crippen molar-refractivity contribution >= 4 is 0 Å². The van der Waals surface area contributed by atoms with E-state index in [4.69, 9.17) is 0 Å². The monoisotopic (exact) mass is 227 g/mol. The Labute approximate surface area is 98.5 Å². The van der Waals surface area contributed by atoms with Crippen LogP contribution in [0.5, 0.6) is 0 Å². The molecular formula is C13H25NO2. The zero-order chi connectivity index (χ0) is 11.4.